The van der Waals surface area contributed by atoms with Gasteiger partial charge >= 0.3 is 0 Å². The number of nitrogens with zero attached hydrogens (tertiary/aromatic N) is 1. The van der Waals surface area contributed by atoms with Gasteiger partial charge in [-0.3, -0.25) is 4.79 Å². The first-order valence-electron chi connectivity index (χ1n) is 6.57. The highest BCUT2D eigenvalue weighted by Gasteiger charge is 2.10. The third-order valence-corrected chi connectivity index (χ3v) is 3.03. The molecule has 0 aromatic heterocycles. The quantitative estimate of drug-likeness (QED) is 0.712. The molecule has 4 heteroatoms. The number of carbonyl (C=O) groups excluding carboxylic acids is 1. The average Bonchev–Trinajstić information content (AvgIpc) is 2.43. The Morgan fingerprint density at radius 2 is 1.79 bits per heavy atom. The molecule has 0 spiro atoms. The molecule has 0 radical (unpaired) electrons. The molecule has 0 bridgehead atoms. The lowest BCUT2D eigenvalue weighted by Crippen LogP contribution is -2.32. The zero-order valence-corrected chi connectivity index (χ0v) is 12.2. The van der Waals surface area contributed by atoms with Crippen molar-refractivity contribution in [2.45, 2.75) is 32.7 Å². The largest absolute Gasteiger partial charge is 0.497 e. The minimum atomic E-state index is 0.160. The van der Waals surface area contributed by atoms with Crippen LogP contribution in [0, 0.1) is 0 Å². The predicted molar refractivity (Wildman–Crippen MR) is 75.6 cm³/mol. The fraction of sp³-hybridized carbons (Fsp3) is 0.533. The minimum Gasteiger partial charge on any atom is -0.497 e. The van der Waals surface area contributed by atoms with Crippen LogP contribution in [-0.4, -0.2) is 37.6 Å². The molecule has 0 aliphatic rings. The molecule has 1 aromatic rings. The zero-order chi connectivity index (χ0) is 14.3. The van der Waals surface area contributed by atoms with Crippen LogP contribution in [0.3, 0.4) is 0 Å². The molecular formula is C15H23NO3. The summed E-state index contributed by atoms with van der Waals surface area (Å²) in [4.78, 5) is 13.5. The zero-order valence-electron chi connectivity index (χ0n) is 12.2. The molecule has 19 heavy (non-hydrogen) atoms. The van der Waals surface area contributed by atoms with Crippen molar-refractivity contribution >= 4 is 5.91 Å². The Hall–Kier alpha value is -1.71. The van der Waals surface area contributed by atoms with Gasteiger partial charge in [0.15, 0.2) is 0 Å². The molecule has 1 rings (SSSR count). The normalized spacial score (nSPS) is 10.4. The van der Waals surface area contributed by atoms with Gasteiger partial charge in [0.1, 0.15) is 11.5 Å². The number of hydrogen-bond donors (Lipinski definition) is 0. The average molecular weight is 265 g/mol. The van der Waals surface area contributed by atoms with Gasteiger partial charge in [0.2, 0.25) is 5.91 Å². The van der Waals surface area contributed by atoms with Crippen LogP contribution in [-0.2, 0) is 4.79 Å². The van der Waals surface area contributed by atoms with E-state index in [1.807, 2.05) is 45.2 Å². The standard InChI is InChI=1S/C15H23NO3/c1-12(2)16(3)15(17)6-5-11-19-14-9-7-13(18-4)8-10-14/h7-10,12H,5-6,11H2,1-4H3. The summed E-state index contributed by atoms with van der Waals surface area (Å²) in [5.41, 5.74) is 0. The van der Waals surface area contributed by atoms with Crippen molar-refractivity contribution in [2.75, 3.05) is 20.8 Å². The number of carbonyl (C=O) groups is 1. The van der Waals surface area contributed by atoms with Crippen molar-refractivity contribution in [3.63, 3.8) is 0 Å². The Bertz CT molecular complexity index is 387. The molecule has 106 valence electrons. The molecule has 0 saturated heterocycles. The van der Waals surface area contributed by atoms with E-state index >= 15 is 0 Å². The van der Waals surface area contributed by atoms with Crippen LogP contribution < -0.4 is 9.47 Å². The maximum absolute atomic E-state index is 11.7. The second kappa shape index (κ2) is 7.67. The monoisotopic (exact) mass is 265 g/mol. The van der Waals surface area contributed by atoms with E-state index in [0.717, 1.165) is 17.9 Å². The van der Waals surface area contributed by atoms with Crippen LogP contribution in [0.1, 0.15) is 26.7 Å². The lowest BCUT2D eigenvalue weighted by molar-refractivity contribution is -0.131. The number of benzene rings is 1. The van der Waals surface area contributed by atoms with E-state index in [0.29, 0.717) is 13.0 Å². The van der Waals surface area contributed by atoms with Crippen LogP contribution in [0.5, 0.6) is 11.5 Å². The Labute approximate surface area is 115 Å². The van der Waals surface area contributed by atoms with Gasteiger partial charge < -0.3 is 14.4 Å². The van der Waals surface area contributed by atoms with Crippen molar-refractivity contribution in [3.8, 4) is 11.5 Å². The summed E-state index contributed by atoms with van der Waals surface area (Å²) < 4.78 is 10.6. The van der Waals surface area contributed by atoms with Crippen molar-refractivity contribution in [1.29, 1.82) is 0 Å². The topological polar surface area (TPSA) is 38.8 Å². The molecule has 1 aromatic carbocycles. The number of amides is 1. The van der Waals surface area contributed by atoms with Crippen molar-refractivity contribution in [1.82, 2.24) is 4.90 Å². The number of ether oxygens (including phenoxy) is 2. The minimum absolute atomic E-state index is 0.160. The lowest BCUT2D eigenvalue weighted by Gasteiger charge is -2.21. The fourth-order valence-corrected chi connectivity index (χ4v) is 1.55. The molecule has 0 saturated carbocycles. The molecule has 0 N–H and O–H groups in total. The highest BCUT2D eigenvalue weighted by Crippen LogP contribution is 2.17. The molecule has 0 aliphatic heterocycles. The molecule has 0 atom stereocenters. The van der Waals surface area contributed by atoms with Crippen LogP contribution >= 0.6 is 0 Å². The fourth-order valence-electron chi connectivity index (χ4n) is 1.55. The lowest BCUT2D eigenvalue weighted by atomic mass is 10.2. The van der Waals surface area contributed by atoms with Gasteiger partial charge in [-0.05, 0) is 44.5 Å². The first-order valence-corrected chi connectivity index (χ1v) is 6.57. The summed E-state index contributed by atoms with van der Waals surface area (Å²) in [5, 5.41) is 0. The molecule has 0 unspecified atom stereocenters. The summed E-state index contributed by atoms with van der Waals surface area (Å²) in [6, 6.07) is 7.68. The van der Waals surface area contributed by atoms with Gasteiger partial charge in [0.05, 0.1) is 13.7 Å². The molecular weight excluding hydrogens is 242 g/mol. The first kappa shape index (κ1) is 15.3. The Balaban J connectivity index is 2.25. The first-order chi connectivity index (χ1) is 9.04. The Kier molecular flexibility index (Phi) is 6.19. The summed E-state index contributed by atoms with van der Waals surface area (Å²) in [6.45, 7) is 4.56. The smallest absolute Gasteiger partial charge is 0.222 e. The van der Waals surface area contributed by atoms with Crippen molar-refractivity contribution < 1.29 is 14.3 Å². The van der Waals surface area contributed by atoms with Crippen LogP contribution in [0.25, 0.3) is 0 Å². The van der Waals surface area contributed by atoms with E-state index in [1.54, 1.807) is 12.0 Å². The van der Waals surface area contributed by atoms with Gasteiger partial charge in [-0.15, -0.1) is 0 Å². The van der Waals surface area contributed by atoms with E-state index in [4.69, 9.17) is 9.47 Å². The maximum atomic E-state index is 11.7. The molecule has 1 amide bonds. The van der Waals surface area contributed by atoms with E-state index in [1.165, 1.54) is 0 Å². The number of hydrogen-bond acceptors (Lipinski definition) is 3. The van der Waals surface area contributed by atoms with Crippen LogP contribution in [0.15, 0.2) is 24.3 Å². The molecule has 4 nitrogen and oxygen atoms in total. The maximum Gasteiger partial charge on any atom is 0.222 e. The highest BCUT2D eigenvalue weighted by atomic mass is 16.5. The summed E-state index contributed by atoms with van der Waals surface area (Å²) in [5.74, 6) is 1.76. The molecule has 0 heterocycles. The molecule has 0 aliphatic carbocycles. The highest BCUT2D eigenvalue weighted by molar-refractivity contribution is 5.76. The van der Waals surface area contributed by atoms with Gasteiger partial charge in [0.25, 0.3) is 0 Å². The van der Waals surface area contributed by atoms with E-state index < -0.39 is 0 Å². The van der Waals surface area contributed by atoms with Gasteiger partial charge in [-0.1, -0.05) is 0 Å². The Morgan fingerprint density at radius 1 is 1.21 bits per heavy atom. The van der Waals surface area contributed by atoms with Crippen LogP contribution in [0.4, 0.5) is 0 Å². The van der Waals surface area contributed by atoms with Crippen molar-refractivity contribution in [3.05, 3.63) is 24.3 Å². The van der Waals surface area contributed by atoms with Gasteiger partial charge in [0, 0.05) is 19.5 Å². The predicted octanol–water partition coefficient (Wildman–Crippen LogP) is 2.72. The number of rotatable bonds is 7. The SMILES string of the molecule is COc1ccc(OCCCC(=O)N(C)C(C)C)cc1. The van der Waals surface area contributed by atoms with Gasteiger partial charge in [-0.25, -0.2) is 0 Å². The Morgan fingerprint density at radius 3 is 2.32 bits per heavy atom. The number of methoxy groups -OCH3 is 1. The third-order valence-electron chi connectivity index (χ3n) is 3.03. The second-order valence-corrected chi connectivity index (χ2v) is 4.73. The summed E-state index contributed by atoms with van der Waals surface area (Å²) >= 11 is 0. The molecule has 0 fully saturated rings. The van der Waals surface area contributed by atoms with E-state index in [-0.39, 0.29) is 11.9 Å². The summed E-state index contributed by atoms with van der Waals surface area (Å²) in [7, 11) is 3.46. The van der Waals surface area contributed by atoms with Crippen LogP contribution in [0.2, 0.25) is 0 Å². The van der Waals surface area contributed by atoms with E-state index in [2.05, 4.69) is 0 Å². The van der Waals surface area contributed by atoms with Crippen molar-refractivity contribution in [2.24, 2.45) is 0 Å². The van der Waals surface area contributed by atoms with Gasteiger partial charge in [-0.2, -0.15) is 0 Å². The summed E-state index contributed by atoms with van der Waals surface area (Å²) in [6.07, 6.45) is 1.24. The van der Waals surface area contributed by atoms with E-state index in [9.17, 15) is 4.79 Å². The third kappa shape index (κ3) is 5.20. The second-order valence-electron chi connectivity index (χ2n) is 4.73.